The molecule has 0 spiro atoms. The van der Waals surface area contributed by atoms with Crippen LogP contribution < -0.4 is 0 Å². The van der Waals surface area contributed by atoms with Crippen molar-refractivity contribution in [3.63, 3.8) is 0 Å². The van der Waals surface area contributed by atoms with Crippen LogP contribution in [0.25, 0.3) is 5.65 Å². The summed E-state index contributed by atoms with van der Waals surface area (Å²) in [5, 5.41) is 11.6. The molecule has 4 aromatic rings. The molecule has 2 aromatic carbocycles. The summed E-state index contributed by atoms with van der Waals surface area (Å²) in [6.45, 7) is 2.02. The number of aryl methyl sites for hydroxylation is 1. The number of rotatable bonds is 3. The van der Waals surface area contributed by atoms with Gasteiger partial charge < -0.3 is 0 Å². The van der Waals surface area contributed by atoms with E-state index in [1.165, 1.54) is 0 Å². The van der Waals surface area contributed by atoms with Gasteiger partial charge in [0.15, 0.2) is 5.65 Å². The first-order chi connectivity index (χ1) is 11.8. The van der Waals surface area contributed by atoms with E-state index in [4.69, 9.17) is 4.99 Å². The highest BCUT2D eigenvalue weighted by Gasteiger charge is 2.09. The molecule has 0 unspecified atom stereocenters. The number of benzene rings is 2. The Labute approximate surface area is 139 Å². The maximum Gasteiger partial charge on any atom is 0.179 e. The molecule has 0 fully saturated rings. The van der Waals surface area contributed by atoms with Crippen molar-refractivity contribution >= 4 is 17.0 Å². The summed E-state index contributed by atoms with van der Waals surface area (Å²) in [7, 11) is 0. The van der Waals surface area contributed by atoms with E-state index in [2.05, 4.69) is 39.8 Å². The van der Waals surface area contributed by atoms with Gasteiger partial charge in [0.25, 0.3) is 0 Å². The smallest absolute Gasteiger partial charge is 0.179 e. The average Bonchev–Trinajstić information content (AvgIpc) is 3.08. The Morgan fingerprint density at radius 3 is 2.17 bits per heavy atom. The van der Waals surface area contributed by atoms with Gasteiger partial charge in [-0.25, -0.2) is 4.99 Å². The van der Waals surface area contributed by atoms with E-state index in [1.807, 2.05) is 55.6 Å². The summed E-state index contributed by atoms with van der Waals surface area (Å²) in [5.74, 6) is 0. The van der Waals surface area contributed by atoms with Crippen LogP contribution in [0.1, 0.15) is 16.7 Å². The number of hydrogen-bond acceptors (Lipinski definition) is 4. The van der Waals surface area contributed by atoms with Crippen molar-refractivity contribution in [2.45, 2.75) is 6.92 Å². The highest BCUT2D eigenvalue weighted by molar-refractivity contribution is 6.14. The number of fused-ring (bicyclic) bond motifs is 1. The molecular formula is C19H15N5. The van der Waals surface area contributed by atoms with Crippen LogP contribution >= 0.6 is 0 Å². The van der Waals surface area contributed by atoms with Gasteiger partial charge in [-0.15, -0.1) is 5.10 Å². The van der Waals surface area contributed by atoms with E-state index < -0.39 is 0 Å². The van der Waals surface area contributed by atoms with Crippen molar-refractivity contribution in [3.8, 4) is 0 Å². The van der Waals surface area contributed by atoms with E-state index >= 15 is 0 Å². The largest absolute Gasteiger partial charge is 0.246 e. The first kappa shape index (κ1) is 14.3. The molecule has 0 N–H and O–H groups in total. The lowest BCUT2D eigenvalue weighted by atomic mass is 10.0. The summed E-state index contributed by atoms with van der Waals surface area (Å²) >= 11 is 0. The van der Waals surface area contributed by atoms with Crippen molar-refractivity contribution < 1.29 is 0 Å². The lowest BCUT2D eigenvalue weighted by Crippen LogP contribution is -2.03. The first-order valence-electron chi connectivity index (χ1n) is 7.69. The van der Waals surface area contributed by atoms with Crippen molar-refractivity contribution in [1.29, 1.82) is 0 Å². The molecule has 2 aromatic heterocycles. The molecule has 24 heavy (non-hydrogen) atoms. The van der Waals surface area contributed by atoms with Crippen molar-refractivity contribution in [1.82, 2.24) is 20.0 Å². The average molecular weight is 313 g/mol. The van der Waals surface area contributed by atoms with Gasteiger partial charge in [-0.1, -0.05) is 60.7 Å². The van der Waals surface area contributed by atoms with Gasteiger partial charge >= 0.3 is 0 Å². The third-order valence-electron chi connectivity index (χ3n) is 3.84. The van der Waals surface area contributed by atoms with Crippen LogP contribution in [-0.2, 0) is 0 Å². The predicted molar refractivity (Wildman–Crippen MR) is 93.7 cm³/mol. The van der Waals surface area contributed by atoms with Crippen LogP contribution in [0.2, 0.25) is 0 Å². The van der Waals surface area contributed by atoms with E-state index in [9.17, 15) is 0 Å². The zero-order valence-corrected chi connectivity index (χ0v) is 13.2. The SMILES string of the molecule is Cc1cc2nnnn2cc1N=C(c1ccccc1)c1ccccc1. The number of pyridine rings is 1. The Morgan fingerprint density at radius 2 is 1.54 bits per heavy atom. The van der Waals surface area contributed by atoms with Gasteiger partial charge in [-0.2, -0.15) is 4.52 Å². The van der Waals surface area contributed by atoms with E-state index in [1.54, 1.807) is 4.52 Å². The second-order valence-electron chi connectivity index (χ2n) is 5.52. The number of hydrogen-bond donors (Lipinski definition) is 0. The van der Waals surface area contributed by atoms with E-state index in [-0.39, 0.29) is 0 Å². The number of aliphatic imine (C=N–C) groups is 1. The lowest BCUT2D eigenvalue weighted by molar-refractivity contribution is 0.823. The van der Waals surface area contributed by atoms with Gasteiger partial charge in [0.2, 0.25) is 0 Å². The van der Waals surface area contributed by atoms with Crippen LogP contribution in [0.15, 0.2) is 77.9 Å². The molecule has 0 amide bonds. The molecular weight excluding hydrogens is 298 g/mol. The number of nitrogens with zero attached hydrogens (tertiary/aromatic N) is 5. The van der Waals surface area contributed by atoms with Gasteiger partial charge in [-0.3, -0.25) is 0 Å². The minimum atomic E-state index is 0.715. The Balaban J connectivity index is 1.91. The minimum absolute atomic E-state index is 0.715. The molecule has 0 saturated heterocycles. The van der Waals surface area contributed by atoms with Crippen LogP contribution in [0.4, 0.5) is 5.69 Å². The van der Waals surface area contributed by atoms with Crippen molar-refractivity contribution in [3.05, 3.63) is 89.6 Å². The van der Waals surface area contributed by atoms with Gasteiger partial charge in [0, 0.05) is 11.1 Å². The third-order valence-corrected chi connectivity index (χ3v) is 3.84. The first-order valence-corrected chi connectivity index (χ1v) is 7.69. The quantitative estimate of drug-likeness (QED) is 0.543. The van der Waals surface area contributed by atoms with Crippen LogP contribution in [0.5, 0.6) is 0 Å². The summed E-state index contributed by atoms with van der Waals surface area (Å²) in [6, 6.07) is 22.3. The highest BCUT2D eigenvalue weighted by Crippen LogP contribution is 2.22. The maximum absolute atomic E-state index is 4.93. The molecule has 5 heteroatoms. The standard InChI is InChI=1S/C19H15N5/c1-14-12-18-21-22-23-24(18)13-17(14)20-19(15-8-4-2-5-9-15)16-10-6-3-7-11-16/h2-13H,1H3. The second kappa shape index (κ2) is 6.04. The third kappa shape index (κ3) is 2.67. The topological polar surface area (TPSA) is 55.4 Å². The number of tetrazole rings is 1. The summed E-state index contributed by atoms with van der Waals surface area (Å²) in [5.41, 5.74) is 5.65. The fourth-order valence-corrected chi connectivity index (χ4v) is 2.60. The second-order valence-corrected chi connectivity index (χ2v) is 5.52. The molecule has 116 valence electrons. The van der Waals surface area contributed by atoms with Gasteiger partial charge in [0.05, 0.1) is 17.6 Å². The number of aromatic nitrogens is 4. The van der Waals surface area contributed by atoms with Gasteiger partial charge in [-0.05, 0) is 29.0 Å². The predicted octanol–water partition coefficient (Wildman–Crippen LogP) is 3.60. The highest BCUT2D eigenvalue weighted by atomic mass is 15.5. The molecule has 0 bridgehead atoms. The molecule has 0 atom stereocenters. The summed E-state index contributed by atoms with van der Waals surface area (Å²) < 4.78 is 1.64. The Hall–Kier alpha value is -3.34. The normalized spacial score (nSPS) is 10.7. The minimum Gasteiger partial charge on any atom is -0.246 e. The van der Waals surface area contributed by atoms with E-state index in [0.29, 0.717) is 5.65 Å². The van der Waals surface area contributed by atoms with Crippen molar-refractivity contribution in [2.75, 3.05) is 0 Å². The fourth-order valence-electron chi connectivity index (χ4n) is 2.60. The molecule has 0 aliphatic rings. The van der Waals surface area contributed by atoms with Gasteiger partial charge in [0.1, 0.15) is 0 Å². The summed E-state index contributed by atoms with van der Waals surface area (Å²) in [6.07, 6.45) is 1.86. The zero-order chi connectivity index (χ0) is 16.4. The monoisotopic (exact) mass is 313 g/mol. The summed E-state index contributed by atoms with van der Waals surface area (Å²) in [4.78, 5) is 4.93. The van der Waals surface area contributed by atoms with Crippen LogP contribution in [0, 0.1) is 6.92 Å². The van der Waals surface area contributed by atoms with E-state index in [0.717, 1.165) is 28.1 Å². The Bertz CT molecular complexity index is 962. The molecule has 0 radical (unpaired) electrons. The Morgan fingerprint density at radius 1 is 0.917 bits per heavy atom. The van der Waals surface area contributed by atoms with Crippen LogP contribution in [-0.4, -0.2) is 25.8 Å². The molecule has 0 aliphatic heterocycles. The zero-order valence-electron chi connectivity index (χ0n) is 13.2. The van der Waals surface area contributed by atoms with Crippen molar-refractivity contribution in [2.24, 2.45) is 4.99 Å². The maximum atomic E-state index is 4.93. The molecule has 5 nitrogen and oxygen atoms in total. The Kier molecular flexibility index (Phi) is 3.59. The molecule has 2 heterocycles. The fraction of sp³-hybridized carbons (Fsp3) is 0.0526. The molecule has 4 rings (SSSR count). The molecule has 0 aliphatic carbocycles. The van der Waals surface area contributed by atoms with Crippen LogP contribution in [0.3, 0.4) is 0 Å². The molecule has 0 saturated carbocycles. The lowest BCUT2D eigenvalue weighted by Gasteiger charge is -2.09.